The third kappa shape index (κ3) is 10.8. The molecule has 0 radical (unpaired) electrons. The van der Waals surface area contributed by atoms with Crippen molar-refractivity contribution in [2.24, 2.45) is 24.9 Å². The fourth-order valence-corrected chi connectivity index (χ4v) is 7.89. The number of benzene rings is 2. The SMILES string of the molecule is COc1cc(-c2cn(C)c(=O)c3c2cnn3C)cc(OC)c1CNCC(=O)NCC(C)(C)COCC(C)(C)CN1CCN(c2ccc(NC3CCC(=O)NC3=O)cc2)CC1. The van der Waals surface area contributed by atoms with E-state index in [-0.39, 0.29) is 40.7 Å². The monoisotopic (exact) mass is 827 g/mol. The zero-order chi connectivity index (χ0) is 43.2. The molecule has 16 nitrogen and oxygen atoms in total. The molecule has 4 aromatic rings. The highest BCUT2D eigenvalue weighted by molar-refractivity contribution is 6.01. The number of hydrogen-bond donors (Lipinski definition) is 4. The first kappa shape index (κ1) is 44.1. The molecule has 0 aliphatic carbocycles. The predicted octanol–water partition coefficient (Wildman–Crippen LogP) is 3.27. The van der Waals surface area contributed by atoms with Crippen LogP contribution < -0.4 is 41.2 Å². The maximum atomic E-state index is 12.9. The Labute approximate surface area is 351 Å². The van der Waals surface area contributed by atoms with Crippen molar-refractivity contribution in [3.8, 4) is 22.6 Å². The predicted molar refractivity (Wildman–Crippen MR) is 232 cm³/mol. The highest BCUT2D eigenvalue weighted by Crippen LogP contribution is 2.37. The van der Waals surface area contributed by atoms with Crippen molar-refractivity contribution >= 4 is 40.0 Å². The zero-order valence-corrected chi connectivity index (χ0v) is 36.3. The van der Waals surface area contributed by atoms with Gasteiger partial charge in [0.2, 0.25) is 17.7 Å². The van der Waals surface area contributed by atoms with Crippen LogP contribution in [0.4, 0.5) is 11.4 Å². The molecule has 6 rings (SSSR count). The van der Waals surface area contributed by atoms with Gasteiger partial charge in [-0.05, 0) is 48.4 Å². The van der Waals surface area contributed by atoms with Gasteiger partial charge in [0, 0.05) is 111 Å². The number of rotatable bonds is 18. The Kier molecular flexibility index (Phi) is 13.9. The Morgan fingerprint density at radius 1 is 0.933 bits per heavy atom. The van der Waals surface area contributed by atoms with Crippen LogP contribution in [0.15, 0.2) is 53.6 Å². The van der Waals surface area contributed by atoms with Crippen LogP contribution in [-0.4, -0.2) is 116 Å². The number of pyridine rings is 1. The summed E-state index contributed by atoms with van der Waals surface area (Å²) in [4.78, 5) is 54.2. The molecule has 2 aromatic heterocycles. The number of nitrogens with zero attached hydrogens (tertiary/aromatic N) is 5. The molecule has 2 aromatic carbocycles. The van der Waals surface area contributed by atoms with Crippen molar-refractivity contribution < 1.29 is 28.6 Å². The molecule has 60 heavy (non-hydrogen) atoms. The first-order valence-electron chi connectivity index (χ1n) is 20.6. The number of methoxy groups -OCH3 is 2. The highest BCUT2D eigenvalue weighted by Gasteiger charge is 2.29. The molecular formula is C44H61N9O7. The second-order valence-electron chi connectivity index (χ2n) is 17.5. The van der Waals surface area contributed by atoms with Gasteiger partial charge in [-0.25, -0.2) is 0 Å². The molecule has 4 N–H and O–H groups in total. The Balaban J connectivity index is 0.908. The van der Waals surface area contributed by atoms with Gasteiger partial charge in [-0.2, -0.15) is 5.10 Å². The summed E-state index contributed by atoms with van der Waals surface area (Å²) in [6.45, 7) is 15.3. The minimum Gasteiger partial charge on any atom is -0.496 e. The summed E-state index contributed by atoms with van der Waals surface area (Å²) in [5.41, 5.74) is 4.47. The molecular weight excluding hydrogens is 767 g/mol. The van der Waals surface area contributed by atoms with Gasteiger partial charge in [-0.3, -0.25) is 34.1 Å². The number of fused-ring (bicyclic) bond motifs is 1. The van der Waals surface area contributed by atoms with Crippen LogP contribution in [-0.2, 0) is 39.8 Å². The summed E-state index contributed by atoms with van der Waals surface area (Å²) in [5.74, 6) is 0.575. The van der Waals surface area contributed by atoms with E-state index in [1.807, 2.05) is 24.3 Å². The fraction of sp³-hybridized carbons (Fsp3) is 0.523. The molecule has 324 valence electrons. The smallest absolute Gasteiger partial charge is 0.276 e. The molecule has 4 heterocycles. The number of piperidine rings is 1. The van der Waals surface area contributed by atoms with Crippen molar-refractivity contribution in [2.75, 3.05) is 83.5 Å². The Hall–Kier alpha value is -5.45. The third-order valence-corrected chi connectivity index (χ3v) is 11.2. The van der Waals surface area contributed by atoms with Crippen LogP contribution in [0.25, 0.3) is 22.0 Å². The molecule has 2 saturated heterocycles. The summed E-state index contributed by atoms with van der Waals surface area (Å²) in [6.07, 6.45) is 4.32. The fourth-order valence-electron chi connectivity index (χ4n) is 7.89. The number of nitrogens with one attached hydrogen (secondary N) is 4. The average Bonchev–Trinajstić information content (AvgIpc) is 3.61. The topological polar surface area (TPSA) is 173 Å². The van der Waals surface area contributed by atoms with Crippen LogP contribution in [0.3, 0.4) is 0 Å². The van der Waals surface area contributed by atoms with Crippen molar-refractivity contribution in [2.45, 2.75) is 53.1 Å². The maximum Gasteiger partial charge on any atom is 0.276 e. The van der Waals surface area contributed by atoms with Gasteiger partial charge >= 0.3 is 0 Å². The summed E-state index contributed by atoms with van der Waals surface area (Å²) < 4.78 is 21.0. The molecule has 2 fully saturated rings. The van der Waals surface area contributed by atoms with E-state index in [9.17, 15) is 19.2 Å². The van der Waals surface area contributed by atoms with Crippen LogP contribution >= 0.6 is 0 Å². The molecule has 1 unspecified atom stereocenters. The van der Waals surface area contributed by atoms with E-state index in [1.165, 1.54) is 0 Å². The van der Waals surface area contributed by atoms with E-state index >= 15 is 0 Å². The second-order valence-corrected chi connectivity index (χ2v) is 17.5. The van der Waals surface area contributed by atoms with E-state index < -0.39 is 6.04 Å². The Bertz CT molecular complexity index is 2200. The van der Waals surface area contributed by atoms with Gasteiger partial charge in [0.25, 0.3) is 5.56 Å². The lowest BCUT2D eigenvalue weighted by Gasteiger charge is -2.40. The quantitative estimate of drug-likeness (QED) is 0.108. The zero-order valence-electron chi connectivity index (χ0n) is 36.3. The minimum atomic E-state index is -0.397. The normalized spacial score (nSPS) is 16.5. The van der Waals surface area contributed by atoms with Gasteiger partial charge in [0.15, 0.2) is 0 Å². The lowest BCUT2D eigenvalue weighted by molar-refractivity contribution is -0.133. The number of ether oxygens (including phenoxy) is 3. The standard InChI is InChI=1S/C44H61N9O7/c1-43(2,27-60-28-44(3,4)26-52-15-17-53(18-16-52)31-11-9-30(10-12-31)48-35-13-14-38(54)49-41(35)56)25-46-39(55)23-45-21-33-36(58-7)19-29(20-37(33)59-8)34-24-50(5)42(57)40-32(34)22-47-51(40)6/h9-12,19-20,22,24,35,45,48H,13-18,21,23,25-28H2,1-8H3,(H,46,55)(H,49,54,56). The Morgan fingerprint density at radius 2 is 1.60 bits per heavy atom. The summed E-state index contributed by atoms with van der Waals surface area (Å²) in [6, 6.07) is 11.6. The van der Waals surface area contributed by atoms with Crippen molar-refractivity contribution in [1.82, 2.24) is 35.2 Å². The third-order valence-electron chi connectivity index (χ3n) is 11.2. The minimum absolute atomic E-state index is 0.0560. The van der Waals surface area contributed by atoms with Crippen LogP contribution in [0, 0.1) is 10.8 Å². The average molecular weight is 828 g/mol. The van der Waals surface area contributed by atoms with Crippen LogP contribution in [0.5, 0.6) is 11.5 Å². The molecule has 2 aliphatic rings. The molecule has 0 spiro atoms. The first-order valence-corrected chi connectivity index (χ1v) is 20.6. The van der Waals surface area contributed by atoms with Gasteiger partial charge in [0.05, 0.1) is 40.2 Å². The summed E-state index contributed by atoms with van der Waals surface area (Å²) in [7, 11) is 6.66. The van der Waals surface area contributed by atoms with Crippen molar-refractivity contribution in [3.05, 3.63) is 64.7 Å². The highest BCUT2D eigenvalue weighted by atomic mass is 16.5. The van der Waals surface area contributed by atoms with E-state index in [4.69, 9.17) is 14.2 Å². The van der Waals surface area contributed by atoms with Crippen LogP contribution in [0.2, 0.25) is 0 Å². The van der Waals surface area contributed by atoms with E-state index in [0.29, 0.717) is 56.2 Å². The number of hydrogen-bond acceptors (Lipinski definition) is 12. The van der Waals surface area contributed by atoms with Gasteiger partial charge in [0.1, 0.15) is 23.1 Å². The van der Waals surface area contributed by atoms with Crippen molar-refractivity contribution in [3.63, 3.8) is 0 Å². The number of carbonyl (C=O) groups excluding carboxylic acids is 3. The molecule has 2 aliphatic heterocycles. The number of aryl methyl sites for hydroxylation is 2. The lowest BCUT2D eigenvalue weighted by atomic mass is 9.92. The summed E-state index contributed by atoms with van der Waals surface area (Å²) >= 11 is 0. The molecule has 3 amide bonds. The maximum absolute atomic E-state index is 12.9. The number of aromatic nitrogens is 3. The summed E-state index contributed by atoms with van der Waals surface area (Å²) in [5, 5.41) is 17.0. The Morgan fingerprint density at radius 3 is 2.25 bits per heavy atom. The number of amides is 3. The first-order chi connectivity index (χ1) is 28.6. The van der Waals surface area contributed by atoms with Gasteiger partial charge in [-0.1, -0.05) is 27.7 Å². The second kappa shape index (κ2) is 18.9. The van der Waals surface area contributed by atoms with Gasteiger partial charge in [-0.15, -0.1) is 0 Å². The lowest BCUT2D eigenvalue weighted by Crippen LogP contribution is -2.50. The van der Waals surface area contributed by atoms with Crippen LogP contribution in [0.1, 0.15) is 46.1 Å². The molecule has 1 atom stereocenters. The van der Waals surface area contributed by atoms with E-state index in [0.717, 1.165) is 66.2 Å². The number of imide groups is 1. The number of carbonyl (C=O) groups is 3. The largest absolute Gasteiger partial charge is 0.496 e. The molecule has 16 heteroatoms. The van der Waals surface area contributed by atoms with E-state index in [1.54, 1.807) is 50.0 Å². The van der Waals surface area contributed by atoms with Gasteiger partial charge < -0.3 is 39.6 Å². The molecule has 0 saturated carbocycles. The number of anilines is 2. The van der Waals surface area contributed by atoms with Crippen molar-refractivity contribution in [1.29, 1.82) is 0 Å². The van der Waals surface area contributed by atoms with E-state index in [2.05, 4.69) is 76.0 Å². The number of piperazine rings is 1. The molecule has 0 bridgehead atoms.